The second-order valence-corrected chi connectivity index (χ2v) is 3.98. The monoisotopic (exact) mass is 229 g/mol. The average Bonchev–Trinajstić information content (AvgIpc) is 2.61. The normalized spacial score (nSPS) is 13.1. The molecule has 0 N–H and O–H groups in total. The summed E-state index contributed by atoms with van der Waals surface area (Å²) in [5, 5.41) is 0. The van der Waals surface area contributed by atoms with Gasteiger partial charge in [0.2, 0.25) is 0 Å². The van der Waals surface area contributed by atoms with Gasteiger partial charge in [-0.15, -0.1) is 5.92 Å². The summed E-state index contributed by atoms with van der Waals surface area (Å²) < 4.78 is 5.47. The molecule has 1 aliphatic heterocycles. The highest BCUT2D eigenvalue weighted by Crippen LogP contribution is 2.25. The SMILES string of the molecule is CCC#CCOc1ccc2c(c1)C(=O)N(C)C2. The Hall–Kier alpha value is -1.95. The summed E-state index contributed by atoms with van der Waals surface area (Å²) in [6, 6.07) is 5.63. The van der Waals surface area contributed by atoms with Crippen LogP contribution in [0.2, 0.25) is 0 Å². The van der Waals surface area contributed by atoms with Crippen LogP contribution >= 0.6 is 0 Å². The molecule has 2 rings (SSSR count). The van der Waals surface area contributed by atoms with Crippen molar-refractivity contribution in [1.29, 1.82) is 0 Å². The summed E-state index contributed by atoms with van der Waals surface area (Å²) in [5.41, 5.74) is 1.80. The third kappa shape index (κ3) is 2.42. The molecule has 1 heterocycles. The van der Waals surface area contributed by atoms with Crippen molar-refractivity contribution in [2.45, 2.75) is 19.9 Å². The highest BCUT2D eigenvalue weighted by atomic mass is 16.5. The molecule has 88 valence electrons. The first-order valence-electron chi connectivity index (χ1n) is 5.69. The van der Waals surface area contributed by atoms with Crippen LogP contribution in [0.4, 0.5) is 0 Å². The Bertz CT molecular complexity index is 497. The van der Waals surface area contributed by atoms with Gasteiger partial charge in [0, 0.05) is 25.6 Å². The topological polar surface area (TPSA) is 29.5 Å². The zero-order valence-electron chi connectivity index (χ0n) is 10.1. The summed E-state index contributed by atoms with van der Waals surface area (Å²) in [6.45, 7) is 3.05. The number of rotatable bonds is 2. The van der Waals surface area contributed by atoms with Gasteiger partial charge in [0.1, 0.15) is 12.4 Å². The van der Waals surface area contributed by atoms with Gasteiger partial charge in [-0.2, -0.15) is 0 Å². The van der Waals surface area contributed by atoms with E-state index in [1.54, 1.807) is 18.0 Å². The van der Waals surface area contributed by atoms with Gasteiger partial charge in [-0.25, -0.2) is 0 Å². The maximum Gasteiger partial charge on any atom is 0.254 e. The molecule has 1 aromatic carbocycles. The van der Waals surface area contributed by atoms with E-state index in [4.69, 9.17) is 4.74 Å². The van der Waals surface area contributed by atoms with Crippen molar-refractivity contribution in [3.8, 4) is 17.6 Å². The lowest BCUT2D eigenvalue weighted by Gasteiger charge is -2.04. The molecule has 17 heavy (non-hydrogen) atoms. The van der Waals surface area contributed by atoms with Gasteiger partial charge in [0.05, 0.1) is 0 Å². The Morgan fingerprint density at radius 1 is 1.41 bits per heavy atom. The van der Waals surface area contributed by atoms with Crippen molar-refractivity contribution in [2.75, 3.05) is 13.7 Å². The molecule has 0 aromatic heterocycles. The largest absolute Gasteiger partial charge is 0.481 e. The van der Waals surface area contributed by atoms with E-state index < -0.39 is 0 Å². The van der Waals surface area contributed by atoms with Crippen molar-refractivity contribution < 1.29 is 9.53 Å². The fraction of sp³-hybridized carbons (Fsp3) is 0.357. The Morgan fingerprint density at radius 2 is 2.24 bits per heavy atom. The van der Waals surface area contributed by atoms with E-state index in [0.29, 0.717) is 18.9 Å². The maximum absolute atomic E-state index is 11.8. The van der Waals surface area contributed by atoms with Crippen LogP contribution in [-0.4, -0.2) is 24.5 Å². The third-order valence-corrected chi connectivity index (χ3v) is 2.68. The van der Waals surface area contributed by atoms with Crippen molar-refractivity contribution in [1.82, 2.24) is 4.90 Å². The lowest BCUT2D eigenvalue weighted by atomic mass is 10.1. The summed E-state index contributed by atoms with van der Waals surface area (Å²) in [5.74, 6) is 6.61. The van der Waals surface area contributed by atoms with E-state index in [9.17, 15) is 4.79 Å². The molecule has 3 nitrogen and oxygen atoms in total. The first-order valence-corrected chi connectivity index (χ1v) is 5.69. The molecule has 0 spiro atoms. The van der Waals surface area contributed by atoms with Gasteiger partial charge in [0.25, 0.3) is 5.91 Å². The van der Waals surface area contributed by atoms with Crippen molar-refractivity contribution in [3.63, 3.8) is 0 Å². The van der Waals surface area contributed by atoms with Crippen LogP contribution in [0.15, 0.2) is 18.2 Å². The first-order chi connectivity index (χ1) is 8.22. The van der Waals surface area contributed by atoms with Gasteiger partial charge < -0.3 is 9.64 Å². The van der Waals surface area contributed by atoms with Crippen LogP contribution in [-0.2, 0) is 6.54 Å². The molecule has 0 saturated heterocycles. The molecular weight excluding hydrogens is 214 g/mol. The number of nitrogens with zero attached hydrogens (tertiary/aromatic N) is 1. The Kier molecular flexibility index (Phi) is 3.34. The van der Waals surface area contributed by atoms with Gasteiger partial charge >= 0.3 is 0 Å². The standard InChI is InChI=1S/C14H15NO2/c1-3-4-5-8-17-12-7-6-11-10-15(2)14(16)13(11)9-12/h6-7,9H,3,8,10H2,1-2H3. The number of carbonyl (C=O) groups is 1. The zero-order valence-corrected chi connectivity index (χ0v) is 10.1. The van der Waals surface area contributed by atoms with Crippen molar-refractivity contribution in [3.05, 3.63) is 29.3 Å². The number of hydrogen-bond donors (Lipinski definition) is 0. The molecule has 0 unspecified atom stereocenters. The molecule has 3 heteroatoms. The molecule has 1 amide bonds. The minimum absolute atomic E-state index is 0.0603. The molecule has 0 aliphatic carbocycles. The maximum atomic E-state index is 11.8. The van der Waals surface area contributed by atoms with Crippen LogP contribution in [0.5, 0.6) is 5.75 Å². The van der Waals surface area contributed by atoms with E-state index in [1.165, 1.54) is 0 Å². The number of fused-ring (bicyclic) bond motifs is 1. The molecule has 0 fully saturated rings. The van der Waals surface area contributed by atoms with Crippen LogP contribution in [0.3, 0.4) is 0 Å². The summed E-state index contributed by atoms with van der Waals surface area (Å²) in [6.07, 6.45) is 0.830. The predicted octanol–water partition coefficient (Wildman–Crippen LogP) is 2.06. The van der Waals surface area contributed by atoms with E-state index in [2.05, 4.69) is 11.8 Å². The zero-order chi connectivity index (χ0) is 12.3. The van der Waals surface area contributed by atoms with Crippen molar-refractivity contribution >= 4 is 5.91 Å². The fourth-order valence-electron chi connectivity index (χ4n) is 1.81. The number of carbonyl (C=O) groups excluding carboxylic acids is 1. The number of benzene rings is 1. The van der Waals surface area contributed by atoms with E-state index in [-0.39, 0.29) is 5.91 Å². The molecular formula is C14H15NO2. The first kappa shape index (κ1) is 11.5. The highest BCUT2D eigenvalue weighted by Gasteiger charge is 2.24. The van der Waals surface area contributed by atoms with E-state index in [0.717, 1.165) is 17.5 Å². The van der Waals surface area contributed by atoms with Crippen LogP contribution in [0, 0.1) is 11.8 Å². The lowest BCUT2D eigenvalue weighted by Crippen LogP contribution is -2.17. The molecule has 0 bridgehead atoms. The van der Waals surface area contributed by atoms with Gasteiger partial charge in [-0.3, -0.25) is 4.79 Å². The summed E-state index contributed by atoms with van der Waals surface area (Å²) in [7, 11) is 1.80. The van der Waals surface area contributed by atoms with E-state index >= 15 is 0 Å². The number of ether oxygens (including phenoxy) is 1. The molecule has 1 aromatic rings. The van der Waals surface area contributed by atoms with Gasteiger partial charge in [-0.05, 0) is 17.7 Å². The summed E-state index contributed by atoms with van der Waals surface area (Å²) >= 11 is 0. The Labute approximate surface area is 101 Å². The fourth-order valence-corrected chi connectivity index (χ4v) is 1.81. The van der Waals surface area contributed by atoms with Gasteiger partial charge in [-0.1, -0.05) is 18.9 Å². The number of amides is 1. The van der Waals surface area contributed by atoms with Crippen molar-refractivity contribution in [2.24, 2.45) is 0 Å². The predicted molar refractivity (Wildman–Crippen MR) is 65.8 cm³/mol. The van der Waals surface area contributed by atoms with Crippen LogP contribution in [0.25, 0.3) is 0 Å². The second-order valence-electron chi connectivity index (χ2n) is 3.98. The molecule has 0 atom stereocenters. The molecule has 1 aliphatic rings. The highest BCUT2D eigenvalue weighted by molar-refractivity contribution is 5.98. The van der Waals surface area contributed by atoms with Crippen LogP contribution < -0.4 is 4.74 Å². The number of hydrogen-bond acceptors (Lipinski definition) is 2. The summed E-state index contributed by atoms with van der Waals surface area (Å²) in [4.78, 5) is 13.5. The van der Waals surface area contributed by atoms with E-state index in [1.807, 2.05) is 19.1 Å². The molecule has 0 saturated carbocycles. The quantitative estimate of drug-likeness (QED) is 0.726. The Balaban J connectivity index is 2.10. The minimum Gasteiger partial charge on any atom is -0.481 e. The average molecular weight is 229 g/mol. The smallest absolute Gasteiger partial charge is 0.254 e. The molecule has 0 radical (unpaired) electrons. The van der Waals surface area contributed by atoms with Gasteiger partial charge in [0.15, 0.2) is 0 Å². The third-order valence-electron chi connectivity index (χ3n) is 2.68. The van der Waals surface area contributed by atoms with Crippen LogP contribution in [0.1, 0.15) is 29.3 Å². The lowest BCUT2D eigenvalue weighted by molar-refractivity contribution is 0.0816. The Morgan fingerprint density at radius 3 is 3.00 bits per heavy atom. The second kappa shape index (κ2) is 4.92. The minimum atomic E-state index is 0.0603.